The van der Waals surface area contributed by atoms with Crippen LogP contribution in [0.2, 0.25) is 0 Å². The van der Waals surface area contributed by atoms with Crippen LogP contribution in [0.4, 0.5) is 28.4 Å². The summed E-state index contributed by atoms with van der Waals surface area (Å²) in [7, 11) is -1.88. The Kier molecular flexibility index (Phi) is 8.44. The number of aromatic nitrogens is 1. The number of piperidine rings is 1. The molecule has 1 aliphatic heterocycles. The van der Waals surface area contributed by atoms with Gasteiger partial charge in [0.25, 0.3) is 0 Å². The van der Waals surface area contributed by atoms with E-state index in [2.05, 4.69) is 19.9 Å². The van der Waals surface area contributed by atoms with E-state index < -0.39 is 29.3 Å². The molecule has 194 valence electrons. The van der Waals surface area contributed by atoms with E-state index in [1.807, 2.05) is 24.3 Å². The number of thiazole rings is 1. The van der Waals surface area contributed by atoms with E-state index in [9.17, 15) is 21.8 Å². The lowest BCUT2D eigenvalue weighted by Gasteiger charge is -2.28. The molecule has 0 aliphatic carbocycles. The Bertz CT molecular complexity index is 1180. The number of anilines is 2. The molecule has 3 N–H and O–H groups in total. The standard InChI is InChI=1S/C23H24F4N4O3S2/c24-16-7-9-31(10-8-16)11-12-33-17-3-1-15(2-4-17)20-14-35-22(30-20)29-19-13-18(36(28)32)5-6-21(19)34-23(25,26)27/h1-6,13-14,16H,7-12,28H2,(H,29,30). The highest BCUT2D eigenvalue weighted by molar-refractivity contribution is 7.82. The number of benzene rings is 2. The molecule has 7 nitrogen and oxygen atoms in total. The first kappa shape index (κ1) is 26.3. The molecule has 36 heavy (non-hydrogen) atoms. The van der Waals surface area contributed by atoms with Crippen LogP contribution in [0.15, 0.2) is 52.7 Å². The van der Waals surface area contributed by atoms with E-state index in [1.165, 1.54) is 23.5 Å². The normalized spacial score (nSPS) is 16.0. The van der Waals surface area contributed by atoms with Gasteiger partial charge in [0.2, 0.25) is 0 Å². The van der Waals surface area contributed by atoms with Gasteiger partial charge in [0.1, 0.15) is 29.5 Å². The molecule has 0 amide bonds. The zero-order valence-corrected chi connectivity index (χ0v) is 20.6. The molecule has 2 heterocycles. The first-order valence-corrected chi connectivity index (χ1v) is 13.1. The molecule has 1 fully saturated rings. The minimum absolute atomic E-state index is 0.0657. The molecular weight excluding hydrogens is 520 g/mol. The van der Waals surface area contributed by atoms with Crippen molar-refractivity contribution in [2.24, 2.45) is 5.14 Å². The van der Waals surface area contributed by atoms with Crippen LogP contribution in [0.5, 0.6) is 11.5 Å². The van der Waals surface area contributed by atoms with E-state index in [0.717, 1.165) is 31.3 Å². The summed E-state index contributed by atoms with van der Waals surface area (Å²) in [5.74, 6) is 0.192. The number of halogens is 4. The summed E-state index contributed by atoms with van der Waals surface area (Å²) < 4.78 is 73.0. The number of ether oxygens (including phenoxy) is 2. The summed E-state index contributed by atoms with van der Waals surface area (Å²) in [6.45, 7) is 2.70. The van der Waals surface area contributed by atoms with Gasteiger partial charge in [-0.05, 0) is 55.3 Å². The van der Waals surface area contributed by atoms with Crippen molar-refractivity contribution in [3.05, 3.63) is 47.8 Å². The van der Waals surface area contributed by atoms with Crippen LogP contribution in [0.25, 0.3) is 11.3 Å². The van der Waals surface area contributed by atoms with Gasteiger partial charge in [-0.2, -0.15) is 0 Å². The van der Waals surface area contributed by atoms with Crippen LogP contribution in [0.1, 0.15) is 12.8 Å². The van der Waals surface area contributed by atoms with E-state index in [0.29, 0.717) is 36.0 Å². The number of rotatable bonds is 9. The van der Waals surface area contributed by atoms with Crippen LogP contribution in [0, 0.1) is 0 Å². The SMILES string of the molecule is NS(=O)c1ccc(OC(F)(F)F)c(Nc2nc(-c3ccc(OCCN4CCC(F)CC4)cc3)cs2)c1. The van der Waals surface area contributed by atoms with Gasteiger partial charge in [-0.3, -0.25) is 4.90 Å². The number of nitrogens with one attached hydrogen (secondary N) is 1. The quantitative estimate of drug-likeness (QED) is 0.358. The Morgan fingerprint density at radius 1 is 1.17 bits per heavy atom. The number of likely N-dealkylation sites (tertiary alicyclic amines) is 1. The molecule has 0 saturated carbocycles. The molecule has 0 bridgehead atoms. The number of alkyl halides is 4. The molecule has 1 aromatic heterocycles. The summed E-state index contributed by atoms with van der Waals surface area (Å²) >= 11 is 1.18. The first-order chi connectivity index (χ1) is 17.2. The number of hydrogen-bond donors (Lipinski definition) is 2. The minimum Gasteiger partial charge on any atom is -0.492 e. The van der Waals surface area contributed by atoms with Gasteiger partial charge >= 0.3 is 6.36 Å². The third-order valence-corrected chi connectivity index (χ3v) is 6.97. The largest absolute Gasteiger partial charge is 0.573 e. The second kappa shape index (κ2) is 11.5. The topological polar surface area (TPSA) is 89.7 Å². The monoisotopic (exact) mass is 544 g/mol. The van der Waals surface area contributed by atoms with E-state index >= 15 is 0 Å². The van der Waals surface area contributed by atoms with Gasteiger partial charge in [-0.15, -0.1) is 24.5 Å². The number of nitrogens with zero attached hydrogens (tertiary/aromatic N) is 2. The zero-order chi connectivity index (χ0) is 25.7. The molecule has 2 aromatic carbocycles. The molecular formula is C23H24F4N4O3S2. The maximum atomic E-state index is 13.2. The summed E-state index contributed by atoms with van der Waals surface area (Å²) in [6.07, 6.45) is -4.47. The predicted octanol–water partition coefficient (Wildman–Crippen LogP) is 5.25. The second-order valence-corrected chi connectivity index (χ2v) is 9.98. The lowest BCUT2D eigenvalue weighted by Crippen LogP contribution is -2.37. The van der Waals surface area contributed by atoms with Gasteiger partial charge in [0.05, 0.1) is 16.3 Å². The Morgan fingerprint density at radius 3 is 2.56 bits per heavy atom. The maximum absolute atomic E-state index is 13.2. The summed E-state index contributed by atoms with van der Waals surface area (Å²) in [5, 5.41) is 10.2. The first-order valence-electron chi connectivity index (χ1n) is 11.0. The predicted molar refractivity (Wildman–Crippen MR) is 131 cm³/mol. The molecule has 1 saturated heterocycles. The van der Waals surface area contributed by atoms with Crippen molar-refractivity contribution in [2.75, 3.05) is 31.6 Å². The average Bonchev–Trinajstić information content (AvgIpc) is 3.29. The van der Waals surface area contributed by atoms with Gasteiger partial charge in [0.15, 0.2) is 10.9 Å². The second-order valence-electron chi connectivity index (χ2n) is 8.06. The third kappa shape index (κ3) is 7.38. The Morgan fingerprint density at radius 2 is 1.89 bits per heavy atom. The maximum Gasteiger partial charge on any atom is 0.573 e. The number of hydrogen-bond acceptors (Lipinski definition) is 7. The lowest BCUT2D eigenvalue weighted by atomic mass is 10.1. The highest BCUT2D eigenvalue weighted by atomic mass is 32.2. The third-order valence-electron chi connectivity index (χ3n) is 5.50. The number of nitrogens with two attached hydrogens (primary N) is 1. The van der Waals surface area contributed by atoms with Crippen molar-refractivity contribution in [1.82, 2.24) is 9.88 Å². The molecule has 1 atom stereocenters. The van der Waals surface area contributed by atoms with Crippen LogP contribution >= 0.6 is 11.3 Å². The van der Waals surface area contributed by atoms with Crippen molar-refractivity contribution in [2.45, 2.75) is 30.3 Å². The molecule has 0 spiro atoms. The molecule has 0 radical (unpaired) electrons. The smallest absolute Gasteiger partial charge is 0.492 e. The van der Waals surface area contributed by atoms with Crippen LogP contribution in [-0.4, -0.2) is 52.9 Å². The van der Waals surface area contributed by atoms with Gasteiger partial charge in [-0.1, -0.05) is 0 Å². The summed E-state index contributed by atoms with van der Waals surface area (Å²) in [6, 6.07) is 10.8. The zero-order valence-electron chi connectivity index (χ0n) is 19.0. The van der Waals surface area contributed by atoms with Crippen molar-refractivity contribution < 1.29 is 31.2 Å². The molecule has 13 heteroatoms. The van der Waals surface area contributed by atoms with E-state index in [-0.39, 0.29) is 10.6 Å². The van der Waals surface area contributed by atoms with Gasteiger partial charge in [0, 0.05) is 30.6 Å². The van der Waals surface area contributed by atoms with Crippen LogP contribution < -0.4 is 19.9 Å². The highest BCUT2D eigenvalue weighted by Crippen LogP contribution is 2.35. The fourth-order valence-electron chi connectivity index (χ4n) is 3.66. The fourth-order valence-corrected chi connectivity index (χ4v) is 4.83. The van der Waals surface area contributed by atoms with E-state index in [1.54, 1.807) is 5.38 Å². The average molecular weight is 545 g/mol. The molecule has 1 unspecified atom stereocenters. The van der Waals surface area contributed by atoms with Crippen molar-refractivity contribution in [1.29, 1.82) is 0 Å². The van der Waals surface area contributed by atoms with Crippen LogP contribution in [0.3, 0.4) is 0 Å². The Labute approximate surface area is 211 Å². The lowest BCUT2D eigenvalue weighted by molar-refractivity contribution is -0.274. The van der Waals surface area contributed by atoms with Crippen LogP contribution in [-0.2, 0) is 11.0 Å². The molecule has 1 aliphatic rings. The van der Waals surface area contributed by atoms with E-state index in [4.69, 9.17) is 9.88 Å². The molecule has 4 rings (SSSR count). The van der Waals surface area contributed by atoms with Gasteiger partial charge < -0.3 is 14.8 Å². The highest BCUT2D eigenvalue weighted by Gasteiger charge is 2.32. The summed E-state index contributed by atoms with van der Waals surface area (Å²) in [4.78, 5) is 6.74. The Balaban J connectivity index is 1.38. The van der Waals surface area contributed by atoms with Gasteiger partial charge in [-0.25, -0.2) is 18.7 Å². The summed E-state index contributed by atoms with van der Waals surface area (Å²) in [5.41, 5.74) is 1.34. The van der Waals surface area contributed by atoms with Crippen molar-refractivity contribution in [3.63, 3.8) is 0 Å². The van der Waals surface area contributed by atoms with Crippen molar-refractivity contribution >= 4 is 33.1 Å². The van der Waals surface area contributed by atoms with Crippen molar-refractivity contribution in [3.8, 4) is 22.8 Å². The minimum atomic E-state index is -4.90. The fraction of sp³-hybridized carbons (Fsp3) is 0.348. The molecule has 3 aromatic rings. The Hall–Kier alpha value is -2.74.